The first-order valence-electron chi connectivity index (χ1n) is 8.77. The number of hydrogen-bond donors (Lipinski definition) is 2. The van der Waals surface area contributed by atoms with Gasteiger partial charge in [-0.2, -0.15) is 5.26 Å². The third-order valence-corrected chi connectivity index (χ3v) is 6.61. The van der Waals surface area contributed by atoms with Gasteiger partial charge < -0.3 is 9.84 Å². The standard InChI is InChI=1S/C20H21FN2O4S/c1-13(28(23,25)26)8-17-11-27-12-20(17,24)16-4-2-14(3-5-16)19-7-6-18(21)9-15(19)10-22/h2-7,9,13,17,24H,8,11-12H2,1H3,(H2,23,25,26). The van der Waals surface area contributed by atoms with Gasteiger partial charge in [0.25, 0.3) is 0 Å². The minimum absolute atomic E-state index is 0.0499. The third-order valence-electron chi connectivity index (χ3n) is 5.29. The number of nitrogens with two attached hydrogens (primary N) is 1. The SMILES string of the molecule is CC(CC1COCC1(O)c1ccc(-c2ccc(F)cc2C#N)cc1)S(N)(=O)=O. The predicted molar refractivity (Wildman–Crippen MR) is 102 cm³/mol. The quantitative estimate of drug-likeness (QED) is 0.794. The zero-order valence-electron chi connectivity index (χ0n) is 15.3. The second kappa shape index (κ2) is 7.60. The summed E-state index contributed by atoms with van der Waals surface area (Å²) in [4.78, 5) is 0. The molecule has 1 aliphatic heterocycles. The molecule has 0 amide bonds. The molecule has 0 aliphatic carbocycles. The highest BCUT2D eigenvalue weighted by Gasteiger charge is 2.45. The first-order valence-corrected chi connectivity index (χ1v) is 10.4. The van der Waals surface area contributed by atoms with E-state index in [9.17, 15) is 23.2 Å². The van der Waals surface area contributed by atoms with Crippen LogP contribution in [0.1, 0.15) is 24.5 Å². The largest absolute Gasteiger partial charge is 0.382 e. The van der Waals surface area contributed by atoms with Gasteiger partial charge in [-0.15, -0.1) is 0 Å². The highest BCUT2D eigenvalue weighted by Crippen LogP contribution is 2.39. The first-order chi connectivity index (χ1) is 13.1. The first kappa shape index (κ1) is 20.4. The lowest BCUT2D eigenvalue weighted by molar-refractivity contribution is -0.00577. The van der Waals surface area contributed by atoms with Crippen molar-refractivity contribution in [2.24, 2.45) is 11.1 Å². The Balaban J connectivity index is 1.89. The Bertz CT molecular complexity index is 1020. The van der Waals surface area contributed by atoms with Gasteiger partial charge in [0.1, 0.15) is 11.4 Å². The number of ether oxygens (including phenoxy) is 1. The number of halogens is 1. The number of primary sulfonamides is 1. The predicted octanol–water partition coefficient (Wildman–Crippen LogP) is 2.27. The van der Waals surface area contributed by atoms with Crippen molar-refractivity contribution in [3.63, 3.8) is 0 Å². The van der Waals surface area contributed by atoms with Crippen LogP contribution in [-0.2, 0) is 20.4 Å². The van der Waals surface area contributed by atoms with Gasteiger partial charge in [-0.05, 0) is 42.2 Å². The Labute approximate surface area is 163 Å². The molecule has 0 aromatic heterocycles. The van der Waals surface area contributed by atoms with Gasteiger partial charge in [0.2, 0.25) is 10.0 Å². The van der Waals surface area contributed by atoms with Gasteiger partial charge in [0.15, 0.2) is 0 Å². The molecule has 1 heterocycles. The summed E-state index contributed by atoms with van der Waals surface area (Å²) in [5, 5.41) is 24.8. The van der Waals surface area contributed by atoms with E-state index >= 15 is 0 Å². The van der Waals surface area contributed by atoms with E-state index in [1.54, 1.807) is 24.3 Å². The lowest BCUT2D eigenvalue weighted by Crippen LogP contribution is -2.38. The molecule has 6 nitrogen and oxygen atoms in total. The Morgan fingerprint density at radius 3 is 2.64 bits per heavy atom. The lowest BCUT2D eigenvalue weighted by Gasteiger charge is -2.30. The zero-order valence-corrected chi connectivity index (χ0v) is 16.1. The van der Waals surface area contributed by atoms with E-state index in [-0.39, 0.29) is 25.2 Å². The monoisotopic (exact) mass is 404 g/mol. The van der Waals surface area contributed by atoms with E-state index < -0.39 is 32.6 Å². The van der Waals surface area contributed by atoms with Crippen molar-refractivity contribution in [3.05, 3.63) is 59.4 Å². The Morgan fingerprint density at radius 1 is 1.36 bits per heavy atom. The zero-order chi connectivity index (χ0) is 20.5. The molecular weight excluding hydrogens is 383 g/mol. The highest BCUT2D eigenvalue weighted by atomic mass is 32.2. The van der Waals surface area contributed by atoms with Crippen LogP contribution in [0.5, 0.6) is 0 Å². The molecule has 0 radical (unpaired) electrons. The molecular formula is C20H21FN2O4S. The molecule has 148 valence electrons. The third kappa shape index (κ3) is 3.93. The van der Waals surface area contributed by atoms with Crippen molar-refractivity contribution in [2.45, 2.75) is 24.2 Å². The normalized spacial score (nSPS) is 23.3. The highest BCUT2D eigenvalue weighted by molar-refractivity contribution is 7.89. The molecule has 1 fully saturated rings. The second-order valence-corrected chi connectivity index (χ2v) is 9.13. The molecule has 3 unspecified atom stereocenters. The van der Waals surface area contributed by atoms with Gasteiger partial charge in [-0.3, -0.25) is 0 Å². The van der Waals surface area contributed by atoms with Crippen LogP contribution in [0, 0.1) is 23.1 Å². The molecule has 3 rings (SSSR count). The number of nitrogens with zero attached hydrogens (tertiary/aromatic N) is 1. The van der Waals surface area contributed by atoms with E-state index in [1.807, 2.05) is 6.07 Å². The summed E-state index contributed by atoms with van der Waals surface area (Å²) in [5.41, 5.74) is 0.761. The maximum Gasteiger partial charge on any atom is 0.211 e. The number of benzene rings is 2. The molecule has 3 N–H and O–H groups in total. The van der Waals surface area contributed by atoms with E-state index in [1.165, 1.54) is 25.1 Å². The summed E-state index contributed by atoms with van der Waals surface area (Å²) in [6.07, 6.45) is 0.174. The van der Waals surface area contributed by atoms with Crippen LogP contribution in [-0.4, -0.2) is 32.0 Å². The smallest absolute Gasteiger partial charge is 0.211 e. The maximum absolute atomic E-state index is 13.4. The van der Waals surface area contributed by atoms with E-state index in [0.717, 1.165) is 0 Å². The summed E-state index contributed by atoms with van der Waals surface area (Å²) < 4.78 is 41.9. The molecule has 1 aliphatic rings. The van der Waals surface area contributed by atoms with Crippen molar-refractivity contribution in [3.8, 4) is 17.2 Å². The van der Waals surface area contributed by atoms with E-state index in [2.05, 4.69) is 0 Å². The molecule has 2 aromatic rings. The fraction of sp³-hybridized carbons (Fsp3) is 0.350. The van der Waals surface area contributed by atoms with Crippen LogP contribution in [0.3, 0.4) is 0 Å². The molecule has 8 heteroatoms. The van der Waals surface area contributed by atoms with Gasteiger partial charge in [0, 0.05) is 5.92 Å². The van der Waals surface area contributed by atoms with Crippen molar-refractivity contribution in [1.29, 1.82) is 5.26 Å². The molecule has 2 aromatic carbocycles. The number of nitriles is 1. The fourth-order valence-corrected chi connectivity index (χ4v) is 4.03. The summed E-state index contributed by atoms with van der Waals surface area (Å²) in [6.45, 7) is 1.79. The van der Waals surface area contributed by atoms with Crippen LogP contribution in [0.15, 0.2) is 42.5 Å². The van der Waals surface area contributed by atoms with Crippen LogP contribution in [0.2, 0.25) is 0 Å². The molecule has 28 heavy (non-hydrogen) atoms. The maximum atomic E-state index is 13.4. The van der Waals surface area contributed by atoms with E-state index in [0.29, 0.717) is 16.7 Å². The minimum Gasteiger partial charge on any atom is -0.382 e. The van der Waals surface area contributed by atoms with Crippen molar-refractivity contribution in [1.82, 2.24) is 0 Å². The summed E-state index contributed by atoms with van der Waals surface area (Å²) in [5.74, 6) is -0.909. The lowest BCUT2D eigenvalue weighted by atomic mass is 9.81. The van der Waals surface area contributed by atoms with Gasteiger partial charge in [0.05, 0.1) is 30.1 Å². The van der Waals surface area contributed by atoms with E-state index in [4.69, 9.17) is 9.88 Å². The van der Waals surface area contributed by atoms with Crippen LogP contribution >= 0.6 is 0 Å². The number of rotatable bonds is 5. The Kier molecular flexibility index (Phi) is 5.55. The average Bonchev–Trinajstić information content (AvgIpc) is 3.02. The van der Waals surface area contributed by atoms with Gasteiger partial charge in [-0.25, -0.2) is 17.9 Å². The summed E-state index contributed by atoms with van der Waals surface area (Å²) >= 11 is 0. The Hall–Kier alpha value is -2.31. The van der Waals surface area contributed by atoms with Gasteiger partial charge in [-0.1, -0.05) is 30.3 Å². The average molecular weight is 404 g/mol. The van der Waals surface area contributed by atoms with Crippen molar-refractivity contribution in [2.75, 3.05) is 13.2 Å². The summed E-state index contributed by atoms with van der Waals surface area (Å²) in [6, 6.07) is 12.9. The van der Waals surface area contributed by atoms with Crippen LogP contribution in [0.25, 0.3) is 11.1 Å². The second-order valence-electron chi connectivity index (χ2n) is 7.15. The van der Waals surface area contributed by atoms with Gasteiger partial charge >= 0.3 is 0 Å². The number of hydrogen-bond acceptors (Lipinski definition) is 5. The van der Waals surface area contributed by atoms with Crippen LogP contribution < -0.4 is 5.14 Å². The van der Waals surface area contributed by atoms with Crippen molar-refractivity contribution < 1.29 is 22.7 Å². The summed E-state index contributed by atoms with van der Waals surface area (Å²) in [7, 11) is -3.70. The molecule has 0 spiro atoms. The molecule has 3 atom stereocenters. The Morgan fingerprint density at radius 2 is 2.04 bits per heavy atom. The number of aliphatic hydroxyl groups is 1. The molecule has 0 saturated carbocycles. The fourth-order valence-electron chi connectivity index (χ4n) is 3.53. The number of sulfonamides is 1. The van der Waals surface area contributed by atoms with Crippen LogP contribution in [0.4, 0.5) is 4.39 Å². The van der Waals surface area contributed by atoms with Crippen molar-refractivity contribution >= 4 is 10.0 Å². The topological polar surface area (TPSA) is 113 Å². The molecule has 1 saturated heterocycles. The molecule has 0 bridgehead atoms. The minimum atomic E-state index is -3.70.